The first-order valence-corrected chi connectivity index (χ1v) is 6.41. The largest absolute Gasteiger partial charge is 0.389 e. The van der Waals surface area contributed by atoms with Gasteiger partial charge in [0, 0.05) is 11.3 Å². The molecule has 0 radical (unpaired) electrons. The van der Waals surface area contributed by atoms with Crippen molar-refractivity contribution in [2.24, 2.45) is 11.7 Å². The minimum Gasteiger partial charge on any atom is -0.389 e. The molecule has 4 heteroatoms. The molecule has 98 valence electrons. The lowest BCUT2D eigenvalue weighted by Crippen LogP contribution is -2.36. The summed E-state index contributed by atoms with van der Waals surface area (Å²) in [6, 6.07) is 6.78. The summed E-state index contributed by atoms with van der Waals surface area (Å²) in [4.78, 5) is 11.9. The zero-order chi connectivity index (χ0) is 13.1. The summed E-state index contributed by atoms with van der Waals surface area (Å²) in [5.41, 5.74) is 7.21. The van der Waals surface area contributed by atoms with Gasteiger partial charge >= 0.3 is 0 Å². The number of hydrogen-bond acceptors (Lipinski definition) is 3. The lowest BCUT2D eigenvalue weighted by atomic mass is 10.1. The van der Waals surface area contributed by atoms with Crippen LogP contribution in [0.2, 0.25) is 0 Å². The van der Waals surface area contributed by atoms with Crippen molar-refractivity contribution in [1.82, 2.24) is 0 Å². The van der Waals surface area contributed by atoms with Gasteiger partial charge in [-0.2, -0.15) is 0 Å². The van der Waals surface area contributed by atoms with Crippen LogP contribution in [-0.4, -0.2) is 17.1 Å². The first-order valence-electron chi connectivity index (χ1n) is 6.41. The van der Waals surface area contributed by atoms with Crippen LogP contribution < -0.4 is 11.1 Å². The van der Waals surface area contributed by atoms with E-state index in [4.69, 9.17) is 5.73 Å². The monoisotopic (exact) mass is 248 g/mol. The molecule has 18 heavy (non-hydrogen) atoms. The first-order chi connectivity index (χ1) is 8.58. The van der Waals surface area contributed by atoms with Crippen molar-refractivity contribution in [3.63, 3.8) is 0 Å². The fraction of sp³-hybridized carbons (Fsp3) is 0.500. The number of hydrogen-bond donors (Lipinski definition) is 3. The summed E-state index contributed by atoms with van der Waals surface area (Å²) in [7, 11) is 0. The number of rotatable bonds is 5. The highest BCUT2D eigenvalue weighted by atomic mass is 16.3. The fourth-order valence-corrected chi connectivity index (χ4v) is 2.02. The van der Waals surface area contributed by atoms with E-state index in [1.54, 1.807) is 19.1 Å². The molecule has 1 aliphatic rings. The van der Waals surface area contributed by atoms with Gasteiger partial charge in [-0.05, 0) is 25.3 Å². The molecule has 1 aromatic carbocycles. The molecule has 4 N–H and O–H groups in total. The van der Waals surface area contributed by atoms with Crippen molar-refractivity contribution in [1.29, 1.82) is 0 Å². The van der Waals surface area contributed by atoms with Crippen LogP contribution in [0.5, 0.6) is 0 Å². The first kappa shape index (κ1) is 13.1. The fourth-order valence-electron chi connectivity index (χ4n) is 2.02. The molecule has 2 rings (SSSR count). The summed E-state index contributed by atoms with van der Waals surface area (Å²) >= 11 is 0. The van der Waals surface area contributed by atoms with E-state index in [0.29, 0.717) is 17.2 Å². The van der Waals surface area contributed by atoms with E-state index in [1.807, 2.05) is 12.1 Å². The van der Waals surface area contributed by atoms with E-state index < -0.39 is 12.1 Å². The smallest absolute Gasteiger partial charge is 0.241 e. The molecule has 0 aliphatic heterocycles. The molecule has 2 unspecified atom stereocenters. The summed E-state index contributed by atoms with van der Waals surface area (Å²) in [5.74, 6) is 0.452. The normalized spacial score (nSPS) is 18.2. The summed E-state index contributed by atoms with van der Waals surface area (Å²) in [6.45, 7) is 1.68. The van der Waals surface area contributed by atoms with Gasteiger partial charge in [-0.1, -0.05) is 31.0 Å². The molecule has 1 amide bonds. The van der Waals surface area contributed by atoms with E-state index in [2.05, 4.69) is 5.32 Å². The van der Waals surface area contributed by atoms with E-state index >= 15 is 0 Å². The molecule has 1 saturated carbocycles. The maximum Gasteiger partial charge on any atom is 0.241 e. The molecule has 4 nitrogen and oxygen atoms in total. The van der Waals surface area contributed by atoms with Crippen molar-refractivity contribution in [2.45, 2.75) is 38.3 Å². The number of nitrogens with two attached hydrogens (primary N) is 1. The highest BCUT2D eigenvalue weighted by molar-refractivity contribution is 5.95. The van der Waals surface area contributed by atoms with Crippen LogP contribution in [-0.2, 0) is 4.79 Å². The zero-order valence-corrected chi connectivity index (χ0v) is 10.6. The molecule has 1 fully saturated rings. The molecule has 0 saturated heterocycles. The van der Waals surface area contributed by atoms with Gasteiger partial charge < -0.3 is 16.2 Å². The van der Waals surface area contributed by atoms with Gasteiger partial charge in [-0.15, -0.1) is 0 Å². The molecule has 1 aliphatic carbocycles. The lowest BCUT2D eigenvalue weighted by Gasteiger charge is -2.16. The second kappa shape index (κ2) is 5.50. The third kappa shape index (κ3) is 3.31. The summed E-state index contributed by atoms with van der Waals surface area (Å²) in [6.07, 6.45) is 2.51. The van der Waals surface area contributed by atoms with Gasteiger partial charge in [0.1, 0.15) is 0 Å². The van der Waals surface area contributed by atoms with Crippen LogP contribution in [0.25, 0.3) is 0 Å². The average molecular weight is 248 g/mol. The van der Waals surface area contributed by atoms with Gasteiger partial charge in [0.25, 0.3) is 0 Å². The molecular formula is C14H20N2O2. The van der Waals surface area contributed by atoms with Crippen molar-refractivity contribution >= 4 is 11.6 Å². The predicted octanol–water partition coefficient (Wildman–Crippen LogP) is 1.81. The number of anilines is 1. The standard InChI is InChI=1S/C14H20N2O2/c1-9(17)11-4-2-3-5-13(11)16-14(18)12(15)8-10-6-7-10/h2-5,9-10,12,17H,6-8,15H2,1H3,(H,16,18). The van der Waals surface area contributed by atoms with Crippen molar-refractivity contribution in [3.05, 3.63) is 29.8 Å². The van der Waals surface area contributed by atoms with Crippen LogP contribution in [0.4, 0.5) is 5.69 Å². The number of benzene rings is 1. The van der Waals surface area contributed by atoms with Crippen LogP contribution in [0, 0.1) is 5.92 Å². The van der Waals surface area contributed by atoms with Crippen LogP contribution >= 0.6 is 0 Å². The van der Waals surface area contributed by atoms with E-state index in [0.717, 1.165) is 6.42 Å². The van der Waals surface area contributed by atoms with Crippen LogP contribution in [0.3, 0.4) is 0 Å². The maximum absolute atomic E-state index is 11.9. The van der Waals surface area contributed by atoms with E-state index in [9.17, 15) is 9.90 Å². The Kier molecular flexibility index (Phi) is 3.99. The highest BCUT2D eigenvalue weighted by Crippen LogP contribution is 2.33. The molecule has 0 bridgehead atoms. The molecule has 0 spiro atoms. The van der Waals surface area contributed by atoms with Crippen molar-refractivity contribution in [2.75, 3.05) is 5.32 Å². The average Bonchev–Trinajstić information content (AvgIpc) is 3.13. The van der Waals surface area contributed by atoms with Gasteiger partial charge in [-0.3, -0.25) is 4.79 Å². The minimum atomic E-state index is -0.610. The Balaban J connectivity index is 2.01. The number of carbonyl (C=O) groups excluding carboxylic acids is 1. The molecule has 0 heterocycles. The number of para-hydroxylation sites is 1. The van der Waals surface area contributed by atoms with Crippen molar-refractivity contribution in [3.8, 4) is 0 Å². The second-order valence-electron chi connectivity index (χ2n) is 5.04. The minimum absolute atomic E-state index is 0.171. The maximum atomic E-state index is 11.9. The molecule has 0 aromatic heterocycles. The number of carbonyl (C=O) groups is 1. The third-order valence-electron chi connectivity index (χ3n) is 3.29. The second-order valence-corrected chi connectivity index (χ2v) is 5.04. The van der Waals surface area contributed by atoms with Gasteiger partial charge in [-0.25, -0.2) is 0 Å². The van der Waals surface area contributed by atoms with Gasteiger partial charge in [0.15, 0.2) is 0 Å². The Labute approximate surface area is 107 Å². The van der Waals surface area contributed by atoms with Gasteiger partial charge in [0.2, 0.25) is 5.91 Å². The zero-order valence-electron chi connectivity index (χ0n) is 10.6. The van der Waals surface area contributed by atoms with Crippen LogP contribution in [0.1, 0.15) is 37.9 Å². The summed E-state index contributed by atoms with van der Waals surface area (Å²) in [5, 5.41) is 12.4. The SMILES string of the molecule is CC(O)c1ccccc1NC(=O)C(N)CC1CC1. The third-order valence-corrected chi connectivity index (χ3v) is 3.29. The number of nitrogens with one attached hydrogen (secondary N) is 1. The van der Waals surface area contributed by atoms with Crippen LogP contribution in [0.15, 0.2) is 24.3 Å². The van der Waals surface area contributed by atoms with E-state index in [1.165, 1.54) is 12.8 Å². The number of aliphatic hydroxyl groups excluding tert-OH is 1. The summed E-state index contributed by atoms with van der Waals surface area (Å²) < 4.78 is 0. The lowest BCUT2D eigenvalue weighted by molar-refractivity contribution is -0.117. The number of aliphatic hydroxyl groups is 1. The predicted molar refractivity (Wildman–Crippen MR) is 71.0 cm³/mol. The highest BCUT2D eigenvalue weighted by Gasteiger charge is 2.27. The topological polar surface area (TPSA) is 75.3 Å². The van der Waals surface area contributed by atoms with Crippen molar-refractivity contribution < 1.29 is 9.90 Å². The van der Waals surface area contributed by atoms with Gasteiger partial charge in [0.05, 0.1) is 12.1 Å². The molecule has 2 atom stereocenters. The Bertz CT molecular complexity index is 428. The number of amides is 1. The molecular weight excluding hydrogens is 228 g/mol. The Morgan fingerprint density at radius 3 is 2.78 bits per heavy atom. The van der Waals surface area contributed by atoms with E-state index in [-0.39, 0.29) is 5.91 Å². The Hall–Kier alpha value is -1.39. The molecule has 1 aromatic rings. The Morgan fingerprint density at radius 1 is 1.50 bits per heavy atom. The quantitative estimate of drug-likeness (QED) is 0.743. The Morgan fingerprint density at radius 2 is 2.17 bits per heavy atom.